The number of piperidine rings is 1. The quantitative estimate of drug-likeness (QED) is 0.208. The maximum Gasteiger partial charge on any atom is 0.451 e. The Balaban J connectivity index is 1.06. The van der Waals surface area contributed by atoms with E-state index in [4.69, 9.17) is 21.1 Å². The van der Waals surface area contributed by atoms with Crippen molar-refractivity contribution in [2.45, 2.75) is 56.8 Å². The van der Waals surface area contributed by atoms with Gasteiger partial charge in [-0.15, -0.1) is 0 Å². The predicted molar refractivity (Wildman–Crippen MR) is 160 cm³/mol. The topological polar surface area (TPSA) is 100.0 Å². The van der Waals surface area contributed by atoms with Crippen LogP contribution in [0.25, 0.3) is 11.4 Å². The molecule has 1 saturated carbocycles. The molecule has 2 aromatic carbocycles. The maximum atomic E-state index is 14.9. The second kappa shape index (κ2) is 11.9. The second-order valence-electron chi connectivity index (χ2n) is 12.2. The fraction of sp³-hybridized carbons (Fsp3) is 0.394. The van der Waals surface area contributed by atoms with Gasteiger partial charge in [0.25, 0.3) is 0 Å². The summed E-state index contributed by atoms with van der Waals surface area (Å²) in [6.07, 6.45) is -0.000926. The van der Waals surface area contributed by atoms with E-state index in [0.717, 1.165) is 61.2 Å². The van der Waals surface area contributed by atoms with Crippen molar-refractivity contribution in [2.75, 3.05) is 19.7 Å². The summed E-state index contributed by atoms with van der Waals surface area (Å²) in [6.45, 7) is 2.26. The number of halogens is 5. The molecule has 46 heavy (non-hydrogen) atoms. The lowest BCUT2D eigenvalue weighted by molar-refractivity contribution is -0.144. The smallest absolute Gasteiger partial charge is 0.451 e. The standard InChI is InChI=1S/C33H29ClF4N6O2/c34-23-3-1-20(2-4-23)27-17-45-28-24(5-6-25(35)29(28)46-27)19-7-11-44(12-8-19)16-26-21(14-32(18-39)9-10-32)13-22(15-40-26)30-41-31(43-42-30)33(36,37)38/h1-6,13,15,19,27H,7-12,14,16-17H2,(H,41,42,43)/t27-/m1/s1. The zero-order valence-electron chi connectivity index (χ0n) is 24.6. The number of nitrogens with zero attached hydrogens (tertiary/aromatic N) is 5. The van der Waals surface area contributed by atoms with Crippen LogP contribution in [0.2, 0.25) is 5.02 Å². The average Bonchev–Trinajstić information content (AvgIpc) is 3.63. The summed E-state index contributed by atoms with van der Waals surface area (Å²) >= 11 is 6.02. The number of hydrogen-bond acceptors (Lipinski definition) is 7. The molecule has 8 nitrogen and oxygen atoms in total. The van der Waals surface area contributed by atoms with E-state index in [9.17, 15) is 22.8 Å². The van der Waals surface area contributed by atoms with Gasteiger partial charge >= 0.3 is 6.18 Å². The van der Waals surface area contributed by atoms with Crippen molar-refractivity contribution < 1.29 is 27.0 Å². The molecule has 1 saturated heterocycles. The van der Waals surface area contributed by atoms with Crippen LogP contribution in [-0.4, -0.2) is 44.8 Å². The number of fused-ring (bicyclic) bond motifs is 1. The maximum absolute atomic E-state index is 14.9. The Morgan fingerprint density at radius 3 is 2.52 bits per heavy atom. The van der Waals surface area contributed by atoms with Crippen LogP contribution >= 0.6 is 11.6 Å². The second-order valence-corrected chi connectivity index (χ2v) is 12.7. The number of aromatic amines is 1. The van der Waals surface area contributed by atoms with Gasteiger partial charge in [-0.3, -0.25) is 15.0 Å². The number of pyridine rings is 1. The first kappa shape index (κ1) is 30.4. The van der Waals surface area contributed by atoms with Crippen LogP contribution in [0.15, 0.2) is 48.7 Å². The summed E-state index contributed by atoms with van der Waals surface area (Å²) in [5.41, 5.74) is 3.24. The lowest BCUT2D eigenvalue weighted by Gasteiger charge is -2.35. The predicted octanol–water partition coefficient (Wildman–Crippen LogP) is 7.42. The first-order valence-corrected chi connectivity index (χ1v) is 15.5. The summed E-state index contributed by atoms with van der Waals surface area (Å²) in [6, 6.07) is 14.6. The Morgan fingerprint density at radius 2 is 1.85 bits per heavy atom. The molecule has 0 radical (unpaired) electrons. The van der Waals surface area contributed by atoms with Crippen molar-refractivity contribution in [3.8, 4) is 29.0 Å². The minimum atomic E-state index is -4.64. The number of hydrogen-bond donors (Lipinski definition) is 1. The molecule has 4 heterocycles. The Morgan fingerprint density at radius 1 is 1.09 bits per heavy atom. The Bertz CT molecular complexity index is 1790. The molecule has 4 aromatic rings. The van der Waals surface area contributed by atoms with Gasteiger partial charge in [0.2, 0.25) is 5.82 Å². The molecule has 1 N–H and O–H groups in total. The van der Waals surface area contributed by atoms with Gasteiger partial charge in [0, 0.05) is 28.9 Å². The fourth-order valence-electron chi connectivity index (χ4n) is 6.24. The van der Waals surface area contributed by atoms with Gasteiger partial charge < -0.3 is 9.47 Å². The van der Waals surface area contributed by atoms with Gasteiger partial charge in [0.05, 0.1) is 17.2 Å². The molecule has 7 rings (SSSR count). The van der Waals surface area contributed by atoms with Crippen LogP contribution in [-0.2, 0) is 19.1 Å². The minimum absolute atomic E-state index is 0.0939. The number of nitrogens with one attached hydrogen (secondary N) is 1. The molecule has 0 spiro atoms. The zero-order valence-corrected chi connectivity index (χ0v) is 25.3. The highest BCUT2D eigenvalue weighted by Gasteiger charge is 2.44. The third kappa shape index (κ3) is 6.13. The minimum Gasteiger partial charge on any atom is -0.485 e. The summed E-state index contributed by atoms with van der Waals surface area (Å²) in [5, 5.41) is 16.1. The van der Waals surface area contributed by atoms with Gasteiger partial charge in [-0.2, -0.15) is 23.5 Å². The number of aromatic nitrogens is 4. The lowest BCUT2D eigenvalue weighted by atomic mass is 9.88. The molecule has 0 bridgehead atoms. The van der Waals surface area contributed by atoms with Gasteiger partial charge in [0.1, 0.15) is 6.61 Å². The van der Waals surface area contributed by atoms with Crippen molar-refractivity contribution >= 4 is 11.6 Å². The summed E-state index contributed by atoms with van der Waals surface area (Å²) < 4.78 is 66.5. The molecule has 2 aromatic heterocycles. The number of ether oxygens (including phenoxy) is 2. The van der Waals surface area contributed by atoms with E-state index in [0.29, 0.717) is 29.3 Å². The molecule has 1 atom stereocenters. The van der Waals surface area contributed by atoms with Crippen molar-refractivity contribution in [1.82, 2.24) is 25.1 Å². The normalized spacial score (nSPS) is 19.5. The molecule has 3 aliphatic rings. The van der Waals surface area contributed by atoms with Crippen molar-refractivity contribution in [1.29, 1.82) is 5.26 Å². The molecule has 2 aliphatic heterocycles. The van der Waals surface area contributed by atoms with E-state index >= 15 is 0 Å². The molecule has 0 unspecified atom stereocenters. The SMILES string of the molecule is N#CC1(Cc2cc(-c3n[nH]c(C(F)(F)F)n3)cnc2CN2CCC(c3ccc(F)c4c3OC[C@H](c3ccc(Cl)cc3)O4)CC2)CC1. The highest BCUT2D eigenvalue weighted by Crippen LogP contribution is 2.49. The number of likely N-dealkylation sites (tertiary alicyclic amines) is 1. The molecule has 0 amide bonds. The van der Waals surface area contributed by atoms with Gasteiger partial charge in [-0.1, -0.05) is 29.8 Å². The summed E-state index contributed by atoms with van der Waals surface area (Å²) in [5.74, 6) is -1.02. The van der Waals surface area contributed by atoms with Crippen molar-refractivity contribution in [3.63, 3.8) is 0 Å². The van der Waals surface area contributed by atoms with E-state index in [-0.39, 0.29) is 24.1 Å². The summed E-state index contributed by atoms with van der Waals surface area (Å²) in [7, 11) is 0. The highest BCUT2D eigenvalue weighted by atomic mass is 35.5. The van der Waals surface area contributed by atoms with Crippen molar-refractivity contribution in [2.24, 2.45) is 5.41 Å². The average molecular weight is 653 g/mol. The van der Waals surface area contributed by atoms with E-state index in [1.165, 1.54) is 12.3 Å². The molecule has 1 aliphatic carbocycles. The van der Waals surface area contributed by atoms with Crippen LogP contribution in [0.1, 0.15) is 65.9 Å². The van der Waals surface area contributed by atoms with Crippen LogP contribution in [0, 0.1) is 22.6 Å². The van der Waals surface area contributed by atoms with Crippen LogP contribution in [0.4, 0.5) is 17.6 Å². The number of H-pyrrole nitrogens is 1. The molecular weight excluding hydrogens is 624 g/mol. The highest BCUT2D eigenvalue weighted by molar-refractivity contribution is 6.30. The largest absolute Gasteiger partial charge is 0.485 e. The molecule has 238 valence electrons. The van der Waals surface area contributed by atoms with Crippen LogP contribution in [0.3, 0.4) is 0 Å². The number of rotatable bonds is 7. The number of benzene rings is 2. The Labute approximate surface area is 267 Å². The Kier molecular flexibility index (Phi) is 7.85. The molecular formula is C33H29ClF4N6O2. The van der Waals surface area contributed by atoms with Gasteiger partial charge in [0.15, 0.2) is 29.2 Å². The lowest BCUT2D eigenvalue weighted by Crippen LogP contribution is -2.33. The first-order chi connectivity index (χ1) is 22.1. The first-order valence-electron chi connectivity index (χ1n) is 15.1. The fourth-order valence-corrected chi connectivity index (χ4v) is 6.37. The van der Waals surface area contributed by atoms with E-state index in [2.05, 4.69) is 26.0 Å². The third-order valence-electron chi connectivity index (χ3n) is 9.07. The zero-order chi connectivity index (χ0) is 32.1. The van der Waals surface area contributed by atoms with Crippen LogP contribution < -0.4 is 9.47 Å². The Hall–Kier alpha value is -4.21. The number of alkyl halides is 3. The van der Waals surface area contributed by atoms with Crippen molar-refractivity contribution in [3.05, 3.63) is 87.7 Å². The van der Waals surface area contributed by atoms with E-state index in [1.807, 2.05) is 17.2 Å². The summed E-state index contributed by atoms with van der Waals surface area (Å²) in [4.78, 5) is 10.5. The van der Waals surface area contributed by atoms with E-state index in [1.54, 1.807) is 24.3 Å². The monoisotopic (exact) mass is 652 g/mol. The number of nitriles is 1. The molecule has 13 heteroatoms. The van der Waals surface area contributed by atoms with Crippen LogP contribution in [0.5, 0.6) is 11.5 Å². The molecule has 2 fully saturated rings. The van der Waals surface area contributed by atoms with Gasteiger partial charge in [-0.25, -0.2) is 9.37 Å². The van der Waals surface area contributed by atoms with Gasteiger partial charge in [-0.05, 0) is 86.5 Å². The third-order valence-corrected chi connectivity index (χ3v) is 9.32. The van der Waals surface area contributed by atoms with E-state index < -0.39 is 29.3 Å².